The summed E-state index contributed by atoms with van der Waals surface area (Å²) in [5.74, 6) is 0. The summed E-state index contributed by atoms with van der Waals surface area (Å²) in [6.07, 6.45) is 0. The van der Waals surface area contributed by atoms with Crippen LogP contribution in [0.15, 0.2) is 0 Å². The maximum absolute atomic E-state index is 10.9. The first-order valence-corrected chi connectivity index (χ1v) is 3.77. The molecule has 4 heteroatoms. The normalized spacial score (nSPS) is 27.4. The highest BCUT2D eigenvalue weighted by molar-refractivity contribution is 7.45. The Balaban J connectivity index is 2.44. The molecule has 48 valence electrons. The van der Waals surface area contributed by atoms with Gasteiger partial charge in [-0.25, -0.2) is 0 Å². The number of nitrogens with zero attached hydrogens (tertiary/aromatic N) is 2. The molecule has 1 heterocycles. The minimum atomic E-state index is -1.17. The van der Waals surface area contributed by atoms with Gasteiger partial charge in [-0.3, -0.25) is 9.34 Å². The molecular formula is C4H10N2OP-. The Bertz CT molecular complexity index is 80.1. The maximum Gasteiger partial charge on any atom is 0.0150 e. The molecule has 1 fully saturated rings. The fourth-order valence-electron chi connectivity index (χ4n) is 0.721. The second-order valence-corrected chi connectivity index (χ2v) is 3.89. The summed E-state index contributed by atoms with van der Waals surface area (Å²) in [6, 6.07) is 0. The van der Waals surface area contributed by atoms with Crippen LogP contribution in [0.25, 0.3) is 0 Å². The van der Waals surface area contributed by atoms with Crippen LogP contribution in [0.2, 0.25) is 0 Å². The first kappa shape index (κ1) is 6.43. The van der Waals surface area contributed by atoms with Crippen molar-refractivity contribution >= 4 is 8.45 Å². The molecule has 1 saturated heterocycles. The van der Waals surface area contributed by atoms with Crippen LogP contribution in [0.4, 0.5) is 0 Å². The van der Waals surface area contributed by atoms with Crippen molar-refractivity contribution in [1.82, 2.24) is 9.34 Å². The smallest absolute Gasteiger partial charge is 0.0150 e. The van der Waals surface area contributed by atoms with E-state index >= 15 is 0 Å². The molecule has 3 nitrogen and oxygen atoms in total. The predicted octanol–water partition coefficient (Wildman–Crippen LogP) is -0.549. The standard InChI is InChI=1S/C4H10N2OP/c1-5-3-4-6(2)8(5)7/h3-4H2,1-2H3/q-1. The molecule has 0 unspecified atom stereocenters. The van der Waals surface area contributed by atoms with Gasteiger partial charge >= 0.3 is 0 Å². The van der Waals surface area contributed by atoms with Gasteiger partial charge in [-0.1, -0.05) is 8.45 Å². The molecule has 1 aliphatic rings. The van der Waals surface area contributed by atoms with Crippen LogP contribution in [0.5, 0.6) is 0 Å². The van der Waals surface area contributed by atoms with Crippen molar-refractivity contribution in [1.29, 1.82) is 0 Å². The second-order valence-electron chi connectivity index (χ2n) is 2.02. The van der Waals surface area contributed by atoms with Crippen molar-refractivity contribution in [2.24, 2.45) is 0 Å². The summed E-state index contributed by atoms with van der Waals surface area (Å²) >= 11 is 0. The van der Waals surface area contributed by atoms with E-state index in [9.17, 15) is 4.89 Å². The molecule has 0 aromatic carbocycles. The highest BCUT2D eigenvalue weighted by Crippen LogP contribution is 2.36. The third-order valence-electron chi connectivity index (χ3n) is 1.33. The summed E-state index contributed by atoms with van der Waals surface area (Å²) < 4.78 is 3.71. The van der Waals surface area contributed by atoms with E-state index < -0.39 is 8.45 Å². The first-order chi connectivity index (χ1) is 3.72. The molecule has 1 aliphatic heterocycles. The van der Waals surface area contributed by atoms with E-state index in [0.717, 1.165) is 13.1 Å². The molecule has 1 rings (SSSR count). The van der Waals surface area contributed by atoms with Crippen molar-refractivity contribution in [2.45, 2.75) is 0 Å². The van der Waals surface area contributed by atoms with Gasteiger partial charge < -0.3 is 4.89 Å². The van der Waals surface area contributed by atoms with Crippen LogP contribution < -0.4 is 4.89 Å². The topological polar surface area (TPSA) is 29.5 Å². The molecule has 0 aliphatic carbocycles. The van der Waals surface area contributed by atoms with E-state index in [1.807, 2.05) is 23.4 Å². The minimum Gasteiger partial charge on any atom is -0.806 e. The highest BCUT2D eigenvalue weighted by Gasteiger charge is 2.15. The molecule has 0 aromatic rings. The minimum absolute atomic E-state index is 0.936. The lowest BCUT2D eigenvalue weighted by Gasteiger charge is -2.30. The van der Waals surface area contributed by atoms with E-state index in [4.69, 9.17) is 0 Å². The summed E-state index contributed by atoms with van der Waals surface area (Å²) in [7, 11) is 2.58. The first-order valence-electron chi connectivity index (χ1n) is 2.61. The molecule has 0 amide bonds. The van der Waals surface area contributed by atoms with Gasteiger partial charge in [0.1, 0.15) is 0 Å². The largest absolute Gasteiger partial charge is 0.806 e. The number of rotatable bonds is 0. The average molecular weight is 133 g/mol. The quantitative estimate of drug-likeness (QED) is 0.415. The summed E-state index contributed by atoms with van der Waals surface area (Å²) in [6.45, 7) is 1.87. The highest BCUT2D eigenvalue weighted by atomic mass is 31.2. The van der Waals surface area contributed by atoms with Crippen molar-refractivity contribution in [2.75, 3.05) is 27.2 Å². The second kappa shape index (κ2) is 2.28. The Morgan fingerprint density at radius 2 is 1.62 bits per heavy atom. The monoisotopic (exact) mass is 133 g/mol. The fourth-order valence-corrected chi connectivity index (χ4v) is 1.76. The van der Waals surface area contributed by atoms with Crippen LogP contribution in [-0.2, 0) is 0 Å². The van der Waals surface area contributed by atoms with Gasteiger partial charge in [-0.2, -0.15) is 0 Å². The lowest BCUT2D eigenvalue weighted by molar-refractivity contribution is -0.176. The molecule has 0 spiro atoms. The van der Waals surface area contributed by atoms with E-state index in [0.29, 0.717) is 0 Å². The number of likely N-dealkylation sites (N-methyl/N-ethyl adjacent to an activating group) is 2. The lowest BCUT2D eigenvalue weighted by Crippen LogP contribution is -2.16. The van der Waals surface area contributed by atoms with Gasteiger partial charge in [0.2, 0.25) is 0 Å². The third-order valence-corrected chi connectivity index (χ3v) is 2.90. The van der Waals surface area contributed by atoms with Gasteiger partial charge in [-0.15, -0.1) is 0 Å². The van der Waals surface area contributed by atoms with E-state index in [1.165, 1.54) is 0 Å². The van der Waals surface area contributed by atoms with Crippen LogP contribution in [0.3, 0.4) is 0 Å². The van der Waals surface area contributed by atoms with Crippen LogP contribution >= 0.6 is 8.45 Å². The van der Waals surface area contributed by atoms with E-state index in [2.05, 4.69) is 0 Å². The Hall–Kier alpha value is 0.310. The van der Waals surface area contributed by atoms with Crippen LogP contribution in [-0.4, -0.2) is 36.5 Å². The van der Waals surface area contributed by atoms with Crippen molar-refractivity contribution < 1.29 is 4.89 Å². The van der Waals surface area contributed by atoms with Crippen LogP contribution in [0, 0.1) is 0 Å². The van der Waals surface area contributed by atoms with Gasteiger partial charge in [0, 0.05) is 13.1 Å². The van der Waals surface area contributed by atoms with Crippen molar-refractivity contribution in [3.05, 3.63) is 0 Å². The summed E-state index contributed by atoms with van der Waals surface area (Å²) in [5, 5.41) is 0. The summed E-state index contributed by atoms with van der Waals surface area (Å²) in [5.41, 5.74) is 0. The van der Waals surface area contributed by atoms with Crippen molar-refractivity contribution in [3.63, 3.8) is 0 Å². The molecule has 0 N–H and O–H groups in total. The fraction of sp³-hybridized carbons (Fsp3) is 1.00. The number of hydrogen-bond donors (Lipinski definition) is 0. The zero-order chi connectivity index (χ0) is 6.15. The lowest BCUT2D eigenvalue weighted by atomic mass is 10.6. The third kappa shape index (κ3) is 1.00. The van der Waals surface area contributed by atoms with Gasteiger partial charge in [0.25, 0.3) is 0 Å². The Kier molecular flexibility index (Phi) is 1.83. The molecule has 0 saturated carbocycles. The Labute approximate surface area is 50.8 Å². The van der Waals surface area contributed by atoms with E-state index in [1.54, 1.807) is 0 Å². The molecule has 0 aromatic heterocycles. The molecule has 0 bridgehead atoms. The molecule has 0 radical (unpaired) electrons. The van der Waals surface area contributed by atoms with Crippen LogP contribution in [0.1, 0.15) is 0 Å². The van der Waals surface area contributed by atoms with Gasteiger partial charge in [-0.05, 0) is 14.1 Å². The Morgan fingerprint density at radius 3 is 1.75 bits per heavy atom. The zero-order valence-electron chi connectivity index (χ0n) is 5.16. The average Bonchev–Trinajstić information content (AvgIpc) is 1.98. The predicted molar refractivity (Wildman–Crippen MR) is 32.2 cm³/mol. The summed E-state index contributed by atoms with van der Waals surface area (Å²) in [4.78, 5) is 10.9. The molecule has 8 heavy (non-hydrogen) atoms. The van der Waals surface area contributed by atoms with Gasteiger partial charge in [0.15, 0.2) is 0 Å². The van der Waals surface area contributed by atoms with Crippen molar-refractivity contribution in [3.8, 4) is 0 Å². The number of hydrogen-bond acceptors (Lipinski definition) is 3. The Morgan fingerprint density at radius 1 is 1.25 bits per heavy atom. The maximum atomic E-state index is 10.9. The molecular weight excluding hydrogens is 123 g/mol. The van der Waals surface area contributed by atoms with E-state index in [-0.39, 0.29) is 0 Å². The van der Waals surface area contributed by atoms with Gasteiger partial charge in [0.05, 0.1) is 0 Å². The SMILES string of the molecule is CN1CCN(C)P1[O-]. The zero-order valence-corrected chi connectivity index (χ0v) is 6.06. The molecule has 0 atom stereocenters.